The summed E-state index contributed by atoms with van der Waals surface area (Å²) in [5.74, 6) is 6.26. The van der Waals surface area contributed by atoms with Gasteiger partial charge in [0.2, 0.25) is 11.9 Å². The number of amides is 2. The summed E-state index contributed by atoms with van der Waals surface area (Å²) in [6.07, 6.45) is 3.40. The minimum Gasteiger partial charge on any atom is -0.368 e. The second kappa shape index (κ2) is 10.4. The first-order chi connectivity index (χ1) is 18.0. The van der Waals surface area contributed by atoms with Gasteiger partial charge in [0.15, 0.2) is 0 Å². The predicted molar refractivity (Wildman–Crippen MR) is 143 cm³/mol. The number of nitrogens with one attached hydrogen (secondary N) is 2. The molecule has 3 heterocycles. The van der Waals surface area contributed by atoms with Crippen molar-refractivity contribution in [2.45, 2.75) is 19.3 Å². The van der Waals surface area contributed by atoms with Gasteiger partial charge in [0.05, 0.1) is 16.8 Å². The molecule has 0 unspecified atom stereocenters. The van der Waals surface area contributed by atoms with Crippen LogP contribution in [0.3, 0.4) is 0 Å². The van der Waals surface area contributed by atoms with E-state index in [0.29, 0.717) is 41.9 Å². The first-order valence-corrected chi connectivity index (χ1v) is 12.0. The van der Waals surface area contributed by atoms with Crippen LogP contribution >= 0.6 is 0 Å². The van der Waals surface area contributed by atoms with Crippen molar-refractivity contribution in [2.75, 3.05) is 17.6 Å². The van der Waals surface area contributed by atoms with Gasteiger partial charge in [-0.25, -0.2) is 9.97 Å². The van der Waals surface area contributed by atoms with E-state index in [4.69, 9.17) is 5.73 Å². The number of rotatable bonds is 5. The molecule has 0 saturated carbocycles. The molecule has 2 aromatic heterocycles. The molecular formula is C29H26N6O2. The van der Waals surface area contributed by atoms with Gasteiger partial charge in [-0.15, -0.1) is 0 Å². The van der Waals surface area contributed by atoms with E-state index in [-0.39, 0.29) is 17.8 Å². The molecule has 2 aromatic carbocycles. The highest BCUT2D eigenvalue weighted by Crippen LogP contribution is 2.28. The third kappa shape index (κ3) is 5.36. The Morgan fingerprint density at radius 1 is 1.14 bits per heavy atom. The van der Waals surface area contributed by atoms with Gasteiger partial charge in [0, 0.05) is 49.6 Å². The highest BCUT2D eigenvalue weighted by molar-refractivity contribution is 5.98. The quantitative estimate of drug-likeness (QED) is 0.371. The zero-order valence-corrected chi connectivity index (χ0v) is 20.4. The molecular weight excluding hydrogens is 464 g/mol. The van der Waals surface area contributed by atoms with Crippen molar-refractivity contribution >= 4 is 23.5 Å². The van der Waals surface area contributed by atoms with Crippen LogP contribution in [-0.2, 0) is 24.7 Å². The summed E-state index contributed by atoms with van der Waals surface area (Å²) in [4.78, 5) is 33.3. The van der Waals surface area contributed by atoms with E-state index in [1.807, 2.05) is 72.3 Å². The molecule has 0 bridgehead atoms. The molecule has 0 fully saturated rings. The number of carbonyl (C=O) groups is 2. The Hall–Kier alpha value is -4.90. The molecule has 1 aliphatic heterocycles. The predicted octanol–water partition coefficient (Wildman–Crippen LogP) is 3.32. The summed E-state index contributed by atoms with van der Waals surface area (Å²) in [6, 6.07) is 19.1. The molecule has 0 spiro atoms. The van der Waals surface area contributed by atoms with Gasteiger partial charge >= 0.3 is 0 Å². The Bertz CT molecular complexity index is 1550. The normalized spacial score (nSPS) is 12.2. The number of hydrogen-bond acceptors (Lipinski definition) is 5. The van der Waals surface area contributed by atoms with Gasteiger partial charge < -0.3 is 20.9 Å². The summed E-state index contributed by atoms with van der Waals surface area (Å²) >= 11 is 0. The molecule has 0 saturated heterocycles. The summed E-state index contributed by atoms with van der Waals surface area (Å²) in [7, 11) is 1.91. The van der Waals surface area contributed by atoms with Crippen molar-refractivity contribution < 1.29 is 9.59 Å². The maximum Gasteiger partial charge on any atom is 0.253 e. The third-order valence-corrected chi connectivity index (χ3v) is 6.27. The highest BCUT2D eigenvalue weighted by Gasteiger charge is 2.24. The number of aromatic nitrogens is 3. The van der Waals surface area contributed by atoms with Crippen LogP contribution in [-0.4, -0.2) is 32.9 Å². The fourth-order valence-corrected chi connectivity index (χ4v) is 4.38. The first-order valence-electron chi connectivity index (χ1n) is 12.0. The molecule has 0 radical (unpaired) electrons. The molecule has 8 heteroatoms. The van der Waals surface area contributed by atoms with E-state index in [9.17, 15) is 9.59 Å². The lowest BCUT2D eigenvalue weighted by Gasteiger charge is -2.14. The molecule has 0 atom stereocenters. The van der Waals surface area contributed by atoms with Crippen LogP contribution in [0.15, 0.2) is 66.9 Å². The molecule has 8 nitrogen and oxygen atoms in total. The van der Waals surface area contributed by atoms with E-state index in [0.717, 1.165) is 28.9 Å². The number of fused-ring (bicyclic) bond motifs is 1. The fourth-order valence-electron chi connectivity index (χ4n) is 4.38. The van der Waals surface area contributed by atoms with Crippen LogP contribution in [0.2, 0.25) is 0 Å². The van der Waals surface area contributed by atoms with E-state index in [1.165, 1.54) is 0 Å². The largest absolute Gasteiger partial charge is 0.368 e. The lowest BCUT2D eigenvalue weighted by Crippen LogP contribution is -2.31. The Kier molecular flexibility index (Phi) is 6.68. The fraction of sp³-hybridized carbons (Fsp3) is 0.172. The van der Waals surface area contributed by atoms with E-state index < -0.39 is 0 Å². The molecule has 2 amide bonds. The molecule has 1 aliphatic rings. The van der Waals surface area contributed by atoms with Gasteiger partial charge in [-0.1, -0.05) is 48.2 Å². The summed E-state index contributed by atoms with van der Waals surface area (Å²) < 4.78 is 1.96. The number of hydrogen-bond donors (Lipinski definition) is 3. The van der Waals surface area contributed by atoms with Gasteiger partial charge in [0.25, 0.3) is 5.91 Å². The van der Waals surface area contributed by atoms with E-state index >= 15 is 0 Å². The Morgan fingerprint density at radius 2 is 1.97 bits per heavy atom. The molecule has 4 N–H and O–H groups in total. The summed E-state index contributed by atoms with van der Waals surface area (Å²) in [5, 5.41) is 5.82. The number of anilines is 2. The lowest BCUT2D eigenvalue weighted by atomic mass is 10.1. The molecule has 37 heavy (non-hydrogen) atoms. The number of benzene rings is 2. The van der Waals surface area contributed by atoms with Gasteiger partial charge in [-0.05, 0) is 36.2 Å². The van der Waals surface area contributed by atoms with Crippen LogP contribution in [0.5, 0.6) is 0 Å². The zero-order chi connectivity index (χ0) is 25.8. The van der Waals surface area contributed by atoms with Crippen LogP contribution in [0.1, 0.15) is 39.2 Å². The maximum atomic E-state index is 12.4. The second-order valence-electron chi connectivity index (χ2n) is 8.81. The topological polar surface area (TPSA) is 115 Å². The zero-order valence-electron chi connectivity index (χ0n) is 20.4. The van der Waals surface area contributed by atoms with Crippen molar-refractivity contribution in [3.8, 4) is 23.2 Å². The van der Waals surface area contributed by atoms with Crippen LogP contribution < -0.4 is 16.4 Å². The van der Waals surface area contributed by atoms with E-state index in [2.05, 4.69) is 32.4 Å². The Morgan fingerprint density at radius 3 is 2.78 bits per heavy atom. The van der Waals surface area contributed by atoms with E-state index in [1.54, 1.807) is 6.20 Å². The molecule has 184 valence electrons. The molecule has 5 rings (SSSR count). The van der Waals surface area contributed by atoms with Crippen LogP contribution in [0, 0.1) is 11.8 Å². The third-order valence-electron chi connectivity index (χ3n) is 6.27. The summed E-state index contributed by atoms with van der Waals surface area (Å²) in [5.41, 5.74) is 11.9. The van der Waals surface area contributed by atoms with Gasteiger partial charge in [-0.3, -0.25) is 9.59 Å². The smallest absolute Gasteiger partial charge is 0.253 e. The Labute approximate surface area is 215 Å². The van der Waals surface area contributed by atoms with Crippen LogP contribution in [0.25, 0.3) is 11.4 Å². The minimum atomic E-state index is -0.0969. The van der Waals surface area contributed by atoms with Crippen molar-refractivity contribution in [3.05, 3.63) is 94.8 Å². The number of nitrogen functional groups attached to an aromatic ring is 1. The van der Waals surface area contributed by atoms with Gasteiger partial charge in [-0.2, -0.15) is 0 Å². The molecule has 4 aromatic rings. The Balaban J connectivity index is 1.37. The maximum absolute atomic E-state index is 12.4. The van der Waals surface area contributed by atoms with Crippen molar-refractivity contribution in [2.24, 2.45) is 7.05 Å². The average Bonchev–Trinajstić information content (AvgIpc) is 3.25. The SMILES string of the molecule is Cn1c(-c2nc(N)ncc2C#Cc2cccc(NC(=O)CCc3ccccc3)c2)cc2c1CCNC2=O. The van der Waals surface area contributed by atoms with Crippen LogP contribution in [0.4, 0.5) is 11.6 Å². The highest BCUT2D eigenvalue weighted by atomic mass is 16.2. The summed E-state index contributed by atoms with van der Waals surface area (Å²) in [6.45, 7) is 0.598. The van der Waals surface area contributed by atoms with Crippen molar-refractivity contribution in [1.29, 1.82) is 0 Å². The van der Waals surface area contributed by atoms with Gasteiger partial charge in [0.1, 0.15) is 5.69 Å². The minimum absolute atomic E-state index is 0.0557. The molecule has 0 aliphatic carbocycles. The lowest BCUT2D eigenvalue weighted by molar-refractivity contribution is -0.116. The average molecular weight is 491 g/mol. The first kappa shape index (κ1) is 23.8. The monoisotopic (exact) mass is 490 g/mol. The standard InChI is InChI=1S/C29H26N6O2/c1-35-24-14-15-31-28(37)23(24)17-25(35)27-21(18-32-29(30)34-27)12-10-20-8-5-9-22(16-20)33-26(36)13-11-19-6-3-2-4-7-19/h2-9,16-18H,11,13-15H2,1H3,(H,31,37)(H,33,36)(H2,30,32,34). The second-order valence-corrected chi connectivity index (χ2v) is 8.81. The number of nitrogens with two attached hydrogens (primary N) is 1. The number of carbonyl (C=O) groups excluding carboxylic acids is 2. The van der Waals surface area contributed by atoms with Crippen molar-refractivity contribution in [3.63, 3.8) is 0 Å². The van der Waals surface area contributed by atoms with Crippen molar-refractivity contribution in [1.82, 2.24) is 19.9 Å². The number of aryl methyl sites for hydroxylation is 1. The number of nitrogens with zero attached hydrogens (tertiary/aromatic N) is 3.